The molecule has 0 fully saturated rings. The van der Waals surface area contributed by atoms with Gasteiger partial charge in [-0.05, 0) is 19.4 Å². The molecule has 0 heterocycles. The highest BCUT2D eigenvalue weighted by atomic mass is 35.5. The fourth-order valence-electron chi connectivity index (χ4n) is 0.453. The number of nitrogens with two attached hydrogens (primary N) is 1. The lowest BCUT2D eigenvalue weighted by atomic mass is 10.3. The highest BCUT2D eigenvalue weighted by Gasteiger charge is 2.05. The summed E-state index contributed by atoms with van der Waals surface area (Å²) in [5.41, 5.74) is 7.45. The van der Waals surface area contributed by atoms with Gasteiger partial charge in [-0.15, -0.1) is 0 Å². The number of carbonyl (C=O) groups excluding carboxylic acids is 1. The number of halogens is 1. The molecule has 4 heteroatoms. The summed E-state index contributed by atoms with van der Waals surface area (Å²) in [7, 11) is 0. The van der Waals surface area contributed by atoms with E-state index in [2.05, 4.69) is 5.32 Å². The van der Waals surface area contributed by atoms with Gasteiger partial charge >= 0.3 is 0 Å². The average molecular weight is 177 g/mol. The summed E-state index contributed by atoms with van der Waals surface area (Å²) >= 11 is 5.40. The first-order valence-electron chi connectivity index (χ1n) is 3.36. The van der Waals surface area contributed by atoms with Gasteiger partial charge < -0.3 is 11.1 Å². The fourth-order valence-corrected chi connectivity index (χ4v) is 0.530. The van der Waals surface area contributed by atoms with Crippen LogP contribution in [0.2, 0.25) is 0 Å². The molecule has 0 aromatic carbocycles. The molecule has 0 spiro atoms. The summed E-state index contributed by atoms with van der Waals surface area (Å²) in [5, 5.41) is 2.91. The first-order chi connectivity index (χ1) is 5.07. The van der Waals surface area contributed by atoms with Crippen LogP contribution in [0.1, 0.15) is 13.8 Å². The zero-order chi connectivity index (χ0) is 8.85. The van der Waals surface area contributed by atoms with E-state index in [0.29, 0.717) is 6.54 Å². The monoisotopic (exact) mass is 176 g/mol. The summed E-state index contributed by atoms with van der Waals surface area (Å²) in [6, 6.07) is -0.304. The Morgan fingerprint density at radius 2 is 2.36 bits per heavy atom. The largest absolute Gasteiger partial charge is 0.368 e. The van der Waals surface area contributed by atoms with E-state index in [0.717, 1.165) is 5.57 Å². The van der Waals surface area contributed by atoms with Crippen molar-refractivity contribution in [2.24, 2.45) is 5.73 Å². The predicted octanol–water partition coefficient (Wildman–Crippen LogP) is 0.592. The van der Waals surface area contributed by atoms with Gasteiger partial charge in [-0.1, -0.05) is 11.6 Å². The third kappa shape index (κ3) is 4.81. The van der Waals surface area contributed by atoms with Crippen molar-refractivity contribution in [1.82, 2.24) is 5.32 Å². The standard InChI is InChI=1S/C7H13ClN2O/c1-5(3-8)4-10-6(2)7(9)11/h3,6,10H,4H2,1-2H3,(H2,9,11). The Bertz CT molecular complexity index is 168. The lowest BCUT2D eigenvalue weighted by Gasteiger charge is -2.08. The lowest BCUT2D eigenvalue weighted by molar-refractivity contribution is -0.119. The summed E-state index contributed by atoms with van der Waals surface area (Å²) < 4.78 is 0. The van der Waals surface area contributed by atoms with Crippen LogP contribution in [0.3, 0.4) is 0 Å². The molecule has 0 rings (SSSR count). The van der Waals surface area contributed by atoms with E-state index in [1.165, 1.54) is 5.54 Å². The number of amides is 1. The van der Waals surface area contributed by atoms with Gasteiger partial charge in [0, 0.05) is 12.1 Å². The Balaban J connectivity index is 3.62. The molecule has 0 radical (unpaired) electrons. The van der Waals surface area contributed by atoms with Gasteiger partial charge in [0.2, 0.25) is 5.91 Å². The molecule has 0 aliphatic heterocycles. The van der Waals surface area contributed by atoms with Crippen molar-refractivity contribution in [1.29, 1.82) is 0 Å². The molecule has 0 aliphatic carbocycles. The van der Waals surface area contributed by atoms with Gasteiger partial charge in [-0.2, -0.15) is 0 Å². The highest BCUT2D eigenvalue weighted by Crippen LogP contribution is 1.92. The van der Waals surface area contributed by atoms with Crippen molar-refractivity contribution in [3.63, 3.8) is 0 Å². The molecule has 1 unspecified atom stereocenters. The van der Waals surface area contributed by atoms with Crippen LogP contribution in [-0.2, 0) is 4.79 Å². The van der Waals surface area contributed by atoms with E-state index < -0.39 is 0 Å². The fraction of sp³-hybridized carbons (Fsp3) is 0.571. The van der Waals surface area contributed by atoms with Crippen molar-refractivity contribution in [3.8, 4) is 0 Å². The van der Waals surface area contributed by atoms with Crippen molar-refractivity contribution in [3.05, 3.63) is 11.1 Å². The molecule has 0 saturated carbocycles. The Morgan fingerprint density at radius 1 is 1.82 bits per heavy atom. The van der Waals surface area contributed by atoms with Crippen molar-refractivity contribution < 1.29 is 4.79 Å². The van der Waals surface area contributed by atoms with Crippen LogP contribution in [-0.4, -0.2) is 18.5 Å². The SMILES string of the molecule is CC(=CCl)CNC(C)C(N)=O. The molecular weight excluding hydrogens is 164 g/mol. The normalized spacial score (nSPS) is 14.6. The van der Waals surface area contributed by atoms with Crippen molar-refractivity contribution >= 4 is 17.5 Å². The van der Waals surface area contributed by atoms with Crippen LogP contribution < -0.4 is 11.1 Å². The van der Waals surface area contributed by atoms with Gasteiger partial charge in [0.05, 0.1) is 6.04 Å². The van der Waals surface area contributed by atoms with Crippen LogP contribution >= 0.6 is 11.6 Å². The van der Waals surface area contributed by atoms with E-state index in [-0.39, 0.29) is 11.9 Å². The summed E-state index contributed by atoms with van der Waals surface area (Å²) in [6.07, 6.45) is 0. The highest BCUT2D eigenvalue weighted by molar-refractivity contribution is 6.25. The second kappa shape index (κ2) is 5.16. The maximum atomic E-state index is 10.5. The number of carbonyl (C=O) groups is 1. The number of rotatable bonds is 4. The van der Waals surface area contributed by atoms with Crippen molar-refractivity contribution in [2.45, 2.75) is 19.9 Å². The first-order valence-corrected chi connectivity index (χ1v) is 3.80. The van der Waals surface area contributed by atoms with Crippen molar-refractivity contribution in [2.75, 3.05) is 6.54 Å². The number of nitrogens with one attached hydrogen (secondary N) is 1. The maximum absolute atomic E-state index is 10.5. The Hall–Kier alpha value is -0.540. The van der Waals surface area contributed by atoms with Gasteiger partial charge in [0.15, 0.2) is 0 Å². The molecular formula is C7H13ClN2O. The zero-order valence-corrected chi connectivity index (χ0v) is 7.48. The average Bonchev–Trinajstić information content (AvgIpc) is 1.99. The predicted molar refractivity (Wildman–Crippen MR) is 46.3 cm³/mol. The third-order valence-corrected chi connectivity index (χ3v) is 1.67. The minimum absolute atomic E-state index is 0.304. The maximum Gasteiger partial charge on any atom is 0.234 e. The first kappa shape index (κ1) is 10.5. The van der Waals surface area contributed by atoms with Crippen LogP contribution in [0, 0.1) is 0 Å². The summed E-state index contributed by atoms with van der Waals surface area (Å²) in [4.78, 5) is 10.5. The van der Waals surface area contributed by atoms with Crippen LogP contribution in [0.25, 0.3) is 0 Å². The molecule has 0 bridgehead atoms. The molecule has 0 aromatic heterocycles. The van der Waals surface area contributed by atoms with Gasteiger partial charge in [0.25, 0.3) is 0 Å². The van der Waals surface area contributed by atoms with E-state index >= 15 is 0 Å². The summed E-state index contributed by atoms with van der Waals surface area (Å²) in [5.74, 6) is -0.354. The minimum atomic E-state index is -0.354. The number of primary amides is 1. The molecule has 1 amide bonds. The van der Waals surface area contributed by atoms with E-state index in [4.69, 9.17) is 17.3 Å². The van der Waals surface area contributed by atoms with Crippen LogP contribution in [0.4, 0.5) is 0 Å². The Morgan fingerprint density at radius 3 is 2.73 bits per heavy atom. The minimum Gasteiger partial charge on any atom is -0.368 e. The molecule has 11 heavy (non-hydrogen) atoms. The number of hydrogen-bond donors (Lipinski definition) is 2. The molecule has 0 aliphatic rings. The zero-order valence-electron chi connectivity index (χ0n) is 6.73. The molecule has 1 atom stereocenters. The van der Waals surface area contributed by atoms with Crippen LogP contribution in [0.5, 0.6) is 0 Å². The molecule has 0 saturated heterocycles. The quantitative estimate of drug-likeness (QED) is 0.659. The molecule has 3 nitrogen and oxygen atoms in total. The molecule has 0 aromatic rings. The second-order valence-electron chi connectivity index (χ2n) is 2.46. The van der Waals surface area contributed by atoms with Gasteiger partial charge in [-0.25, -0.2) is 0 Å². The van der Waals surface area contributed by atoms with Crippen LogP contribution in [0.15, 0.2) is 11.1 Å². The summed E-state index contributed by atoms with van der Waals surface area (Å²) in [6.45, 7) is 4.17. The van der Waals surface area contributed by atoms with E-state index in [1.54, 1.807) is 6.92 Å². The lowest BCUT2D eigenvalue weighted by Crippen LogP contribution is -2.39. The number of hydrogen-bond acceptors (Lipinski definition) is 2. The molecule has 3 N–H and O–H groups in total. The smallest absolute Gasteiger partial charge is 0.234 e. The topological polar surface area (TPSA) is 55.1 Å². The van der Waals surface area contributed by atoms with Gasteiger partial charge in [-0.3, -0.25) is 4.79 Å². The molecule has 64 valence electrons. The third-order valence-electron chi connectivity index (χ3n) is 1.30. The second-order valence-corrected chi connectivity index (χ2v) is 2.68. The Kier molecular flexibility index (Phi) is 4.90. The van der Waals surface area contributed by atoms with E-state index in [9.17, 15) is 4.79 Å². The Labute approximate surface area is 71.6 Å². The van der Waals surface area contributed by atoms with E-state index in [1.807, 2.05) is 6.92 Å². The van der Waals surface area contributed by atoms with Gasteiger partial charge in [0.1, 0.15) is 0 Å².